The van der Waals surface area contributed by atoms with Crippen LogP contribution in [-0.2, 0) is 13.6 Å². The Morgan fingerprint density at radius 3 is 2.75 bits per heavy atom. The number of methoxy groups -OCH3 is 1. The third kappa shape index (κ3) is 3.78. The number of carboxylic acid groups (broad SMARTS) is 1. The molecule has 0 saturated heterocycles. The van der Waals surface area contributed by atoms with Crippen LogP contribution in [0.5, 0.6) is 5.75 Å². The van der Waals surface area contributed by atoms with Crippen molar-refractivity contribution in [3.8, 4) is 17.0 Å². The molecule has 1 amide bonds. The van der Waals surface area contributed by atoms with Crippen LogP contribution >= 0.6 is 0 Å². The second-order valence-corrected chi connectivity index (χ2v) is 7.39. The van der Waals surface area contributed by atoms with Gasteiger partial charge in [-0.05, 0) is 36.8 Å². The molecule has 0 unspecified atom stereocenters. The number of aryl methyl sites for hydroxylation is 2. The second-order valence-electron chi connectivity index (χ2n) is 7.39. The zero-order valence-corrected chi connectivity index (χ0v) is 18.0. The molecule has 4 aromatic rings. The summed E-state index contributed by atoms with van der Waals surface area (Å²) in [5, 5.41) is 14.4. The number of rotatable bonds is 6. The van der Waals surface area contributed by atoms with Gasteiger partial charge in [-0.2, -0.15) is 0 Å². The van der Waals surface area contributed by atoms with E-state index in [9.17, 15) is 14.7 Å². The zero-order chi connectivity index (χ0) is 22.8. The third-order valence-corrected chi connectivity index (χ3v) is 5.44. The van der Waals surface area contributed by atoms with Gasteiger partial charge in [-0.3, -0.25) is 9.20 Å². The highest BCUT2D eigenvalue weighted by Crippen LogP contribution is 2.30. The fourth-order valence-electron chi connectivity index (χ4n) is 3.74. The van der Waals surface area contributed by atoms with Gasteiger partial charge in [0, 0.05) is 23.4 Å². The van der Waals surface area contributed by atoms with E-state index in [-0.39, 0.29) is 18.0 Å². The number of amides is 1. The van der Waals surface area contributed by atoms with Gasteiger partial charge in [0.15, 0.2) is 6.20 Å². The molecule has 0 saturated carbocycles. The number of para-hydroxylation sites is 1. The zero-order valence-electron chi connectivity index (χ0n) is 18.0. The number of benzene rings is 1. The number of pyridine rings is 2. The van der Waals surface area contributed by atoms with Gasteiger partial charge < -0.3 is 20.0 Å². The van der Waals surface area contributed by atoms with Crippen molar-refractivity contribution in [3.63, 3.8) is 0 Å². The van der Waals surface area contributed by atoms with Crippen molar-refractivity contribution < 1.29 is 24.0 Å². The molecule has 0 bridgehead atoms. The van der Waals surface area contributed by atoms with Gasteiger partial charge in [0.2, 0.25) is 5.69 Å². The minimum atomic E-state index is -1.27. The third-order valence-electron chi connectivity index (χ3n) is 5.44. The average molecular weight is 430 g/mol. The molecule has 0 aliphatic carbocycles. The van der Waals surface area contributed by atoms with Crippen LogP contribution in [0.4, 0.5) is 0 Å². The van der Waals surface area contributed by atoms with Crippen LogP contribution in [-0.4, -0.2) is 28.4 Å². The Labute approximate surface area is 184 Å². The lowest BCUT2D eigenvalue weighted by molar-refractivity contribution is -0.679. The number of fused-ring (bicyclic) bond motifs is 1. The molecule has 0 radical (unpaired) electrons. The maximum absolute atomic E-state index is 12.8. The minimum Gasteiger partial charge on any atom is -0.545 e. The SMILES string of the molecule is COc1ccccc1-c1cnc2cc(C(=O)NCc3c(C(=O)[O-])c(C)cc[n+]3C)ccn12. The van der Waals surface area contributed by atoms with Crippen LogP contribution in [0.1, 0.15) is 32.0 Å². The summed E-state index contributed by atoms with van der Waals surface area (Å²) in [5.41, 5.74) is 3.88. The molecular formula is C24H22N4O4. The standard InChI is InChI=1S/C24H22N4O4/c1-15-8-10-27(2)19(22(15)24(30)31)14-26-23(29)16-9-11-28-18(13-25-21(28)12-16)17-6-4-5-7-20(17)32-3/h4-13H,14H2,1-3H3,(H-,26,29,30,31). The summed E-state index contributed by atoms with van der Waals surface area (Å²) < 4.78 is 8.99. The van der Waals surface area contributed by atoms with E-state index in [2.05, 4.69) is 10.3 Å². The fourth-order valence-corrected chi connectivity index (χ4v) is 3.74. The summed E-state index contributed by atoms with van der Waals surface area (Å²) in [6.07, 6.45) is 5.26. The fraction of sp³-hybridized carbons (Fsp3) is 0.167. The number of carbonyl (C=O) groups excluding carboxylic acids is 2. The summed E-state index contributed by atoms with van der Waals surface area (Å²) in [4.78, 5) is 28.8. The van der Waals surface area contributed by atoms with E-state index in [1.165, 1.54) is 0 Å². The first kappa shape index (κ1) is 21.0. The number of carboxylic acids is 1. The van der Waals surface area contributed by atoms with Gasteiger partial charge in [0.25, 0.3) is 5.91 Å². The number of imidazole rings is 1. The van der Waals surface area contributed by atoms with Gasteiger partial charge in [0.1, 0.15) is 25.0 Å². The van der Waals surface area contributed by atoms with Crippen molar-refractivity contribution in [2.45, 2.75) is 13.5 Å². The van der Waals surface area contributed by atoms with Crippen LogP contribution in [0.15, 0.2) is 61.1 Å². The van der Waals surface area contributed by atoms with Crippen LogP contribution in [0.3, 0.4) is 0 Å². The predicted molar refractivity (Wildman–Crippen MR) is 115 cm³/mol. The first-order valence-corrected chi connectivity index (χ1v) is 9.99. The normalized spacial score (nSPS) is 10.8. The summed E-state index contributed by atoms with van der Waals surface area (Å²) in [6, 6.07) is 12.7. The van der Waals surface area contributed by atoms with Gasteiger partial charge in [-0.15, -0.1) is 0 Å². The highest BCUT2D eigenvalue weighted by atomic mass is 16.5. The van der Waals surface area contributed by atoms with Crippen molar-refractivity contribution in [2.24, 2.45) is 7.05 Å². The van der Waals surface area contributed by atoms with Crippen LogP contribution in [0.2, 0.25) is 0 Å². The summed E-state index contributed by atoms with van der Waals surface area (Å²) >= 11 is 0. The van der Waals surface area contributed by atoms with Crippen molar-refractivity contribution in [2.75, 3.05) is 7.11 Å². The molecule has 0 fully saturated rings. The lowest BCUT2D eigenvalue weighted by atomic mass is 10.1. The molecule has 1 aromatic carbocycles. The maximum Gasteiger partial charge on any atom is 0.251 e. The molecule has 8 nitrogen and oxygen atoms in total. The highest BCUT2D eigenvalue weighted by molar-refractivity contribution is 5.95. The molecular weight excluding hydrogens is 408 g/mol. The van der Waals surface area contributed by atoms with Crippen molar-refractivity contribution in [1.82, 2.24) is 14.7 Å². The first-order chi connectivity index (χ1) is 15.4. The summed E-state index contributed by atoms with van der Waals surface area (Å²) in [6.45, 7) is 1.74. The quantitative estimate of drug-likeness (QED) is 0.467. The van der Waals surface area contributed by atoms with Gasteiger partial charge in [-0.25, -0.2) is 9.55 Å². The lowest BCUT2D eigenvalue weighted by Crippen LogP contribution is -2.41. The van der Waals surface area contributed by atoms with E-state index in [1.54, 1.807) is 62.4 Å². The number of nitrogens with zero attached hydrogens (tertiary/aromatic N) is 3. The topological polar surface area (TPSA) is 99.6 Å². The first-order valence-electron chi connectivity index (χ1n) is 9.99. The number of aromatic nitrogens is 3. The van der Waals surface area contributed by atoms with Crippen LogP contribution < -0.4 is 19.7 Å². The molecule has 162 valence electrons. The molecule has 0 spiro atoms. The summed E-state index contributed by atoms with van der Waals surface area (Å²) in [7, 11) is 3.34. The van der Waals surface area contributed by atoms with E-state index >= 15 is 0 Å². The number of carbonyl (C=O) groups is 2. The Balaban J connectivity index is 1.60. The molecule has 1 N–H and O–H groups in total. The molecule has 0 atom stereocenters. The molecule has 0 aliphatic rings. The Morgan fingerprint density at radius 1 is 1.22 bits per heavy atom. The number of nitrogens with one attached hydrogen (secondary N) is 1. The molecule has 4 rings (SSSR count). The summed E-state index contributed by atoms with van der Waals surface area (Å²) in [5.74, 6) is -0.878. The van der Waals surface area contributed by atoms with Crippen molar-refractivity contribution in [3.05, 3.63) is 83.4 Å². The maximum atomic E-state index is 12.8. The van der Waals surface area contributed by atoms with Gasteiger partial charge in [0.05, 0.1) is 30.5 Å². The second kappa shape index (κ2) is 8.50. The molecule has 3 heterocycles. The number of ether oxygens (including phenoxy) is 1. The lowest BCUT2D eigenvalue weighted by Gasteiger charge is -2.12. The number of aromatic carboxylic acids is 1. The van der Waals surface area contributed by atoms with Crippen molar-refractivity contribution >= 4 is 17.5 Å². The van der Waals surface area contributed by atoms with E-state index in [0.29, 0.717) is 22.5 Å². The Bertz CT molecular complexity index is 1340. The van der Waals surface area contributed by atoms with E-state index in [4.69, 9.17) is 4.74 Å². The Kier molecular flexibility index (Phi) is 5.59. The van der Waals surface area contributed by atoms with Crippen molar-refractivity contribution in [1.29, 1.82) is 0 Å². The van der Waals surface area contributed by atoms with E-state index in [0.717, 1.165) is 17.0 Å². The molecule has 8 heteroatoms. The molecule has 3 aromatic heterocycles. The van der Waals surface area contributed by atoms with Crippen LogP contribution in [0.25, 0.3) is 16.9 Å². The predicted octanol–water partition coefficient (Wildman–Crippen LogP) is 1.44. The van der Waals surface area contributed by atoms with E-state index in [1.807, 2.05) is 28.7 Å². The number of hydrogen-bond donors (Lipinski definition) is 1. The smallest absolute Gasteiger partial charge is 0.251 e. The van der Waals surface area contributed by atoms with Crippen LogP contribution in [0, 0.1) is 6.92 Å². The monoisotopic (exact) mass is 430 g/mol. The molecule has 0 aliphatic heterocycles. The molecule has 32 heavy (non-hydrogen) atoms. The Hall–Kier alpha value is -4.20. The average Bonchev–Trinajstić information content (AvgIpc) is 3.22. The van der Waals surface area contributed by atoms with Gasteiger partial charge >= 0.3 is 0 Å². The highest BCUT2D eigenvalue weighted by Gasteiger charge is 2.19. The largest absolute Gasteiger partial charge is 0.545 e. The number of hydrogen-bond acceptors (Lipinski definition) is 5. The van der Waals surface area contributed by atoms with Gasteiger partial charge in [-0.1, -0.05) is 12.1 Å². The minimum absolute atomic E-state index is 0.0480. The van der Waals surface area contributed by atoms with E-state index < -0.39 is 5.97 Å². The Morgan fingerprint density at radius 2 is 2.00 bits per heavy atom.